The van der Waals surface area contributed by atoms with Gasteiger partial charge in [-0.05, 0) is 61.3 Å². The van der Waals surface area contributed by atoms with Crippen LogP contribution in [0.25, 0.3) is 11.0 Å². The molecule has 1 N–H and O–H groups in total. The zero-order valence-corrected chi connectivity index (χ0v) is 17.4. The van der Waals surface area contributed by atoms with Crippen LogP contribution in [0.2, 0.25) is 15.1 Å². The van der Waals surface area contributed by atoms with Crippen LogP contribution in [-0.2, 0) is 6.54 Å². The maximum absolute atomic E-state index is 6.12. The Morgan fingerprint density at radius 3 is 2.58 bits per heavy atom. The van der Waals surface area contributed by atoms with E-state index in [2.05, 4.69) is 9.88 Å². The summed E-state index contributed by atoms with van der Waals surface area (Å²) in [5.74, 6) is 1.45. The normalized spacial score (nSPS) is 18.0. The van der Waals surface area contributed by atoms with Crippen LogP contribution in [0.15, 0.2) is 36.4 Å². The number of hydrogen-bond donors (Lipinski definition) is 1. The molecule has 1 aliphatic heterocycles. The number of halogens is 3. The summed E-state index contributed by atoms with van der Waals surface area (Å²) in [7, 11) is 0. The summed E-state index contributed by atoms with van der Waals surface area (Å²) in [4.78, 5) is 10.6. The van der Waals surface area contributed by atoms with E-state index in [9.17, 15) is 0 Å². The summed E-state index contributed by atoms with van der Waals surface area (Å²) in [5, 5.41) is 2.10. The average Bonchev–Trinajstić information content (AvgIpc) is 2.97. The molecule has 1 aromatic heterocycles. The zero-order valence-electron chi connectivity index (χ0n) is 14.1. The predicted octanol–water partition coefficient (Wildman–Crippen LogP) is 6.02. The molecule has 3 nitrogen and oxygen atoms in total. The van der Waals surface area contributed by atoms with Crippen molar-refractivity contribution in [1.82, 2.24) is 14.9 Å². The van der Waals surface area contributed by atoms with Crippen molar-refractivity contribution in [3.63, 3.8) is 0 Å². The number of nitrogens with zero attached hydrogens (tertiary/aromatic N) is 2. The van der Waals surface area contributed by atoms with E-state index in [-0.39, 0.29) is 13.5 Å². The average molecular weight is 429 g/mol. The second-order valence-electron chi connectivity index (χ2n) is 6.64. The summed E-state index contributed by atoms with van der Waals surface area (Å²) >= 11 is 18.3. The van der Waals surface area contributed by atoms with Crippen LogP contribution in [0, 0.1) is 0 Å². The standard InChI is InChI=1S/C19H18Cl3N3.H2S/c20-14-3-4-17-18(9-14)24-19(23-17)13-2-1-5-25(11-13)10-12-6-15(21)8-16(22)7-12;/h3-4,6-9,13H,1-2,5,10-11H2,(H,23,24);1H2/t13-;/m0./s1. The molecule has 1 saturated heterocycles. The second-order valence-corrected chi connectivity index (χ2v) is 7.94. The highest BCUT2D eigenvalue weighted by Gasteiger charge is 2.24. The highest BCUT2D eigenvalue weighted by atomic mass is 35.5. The quantitative estimate of drug-likeness (QED) is 0.553. The molecule has 0 unspecified atom stereocenters. The van der Waals surface area contributed by atoms with Crippen molar-refractivity contribution >= 4 is 59.3 Å². The van der Waals surface area contributed by atoms with Crippen molar-refractivity contribution in [2.24, 2.45) is 0 Å². The Hall–Kier alpha value is -0.910. The zero-order chi connectivity index (χ0) is 17.4. The van der Waals surface area contributed by atoms with Gasteiger partial charge in [-0.25, -0.2) is 4.98 Å². The van der Waals surface area contributed by atoms with E-state index in [1.54, 1.807) is 6.07 Å². The number of H-pyrrole nitrogens is 1. The minimum Gasteiger partial charge on any atom is -0.342 e. The van der Waals surface area contributed by atoms with Gasteiger partial charge in [0.25, 0.3) is 0 Å². The van der Waals surface area contributed by atoms with Crippen LogP contribution in [-0.4, -0.2) is 28.0 Å². The lowest BCUT2D eigenvalue weighted by Crippen LogP contribution is -2.34. The maximum Gasteiger partial charge on any atom is 0.111 e. The molecule has 138 valence electrons. The molecule has 0 spiro atoms. The monoisotopic (exact) mass is 427 g/mol. The lowest BCUT2D eigenvalue weighted by Gasteiger charge is -2.31. The third-order valence-corrected chi connectivity index (χ3v) is 5.35. The molecule has 0 saturated carbocycles. The Balaban J connectivity index is 0.00000196. The van der Waals surface area contributed by atoms with Crippen LogP contribution in [0.5, 0.6) is 0 Å². The van der Waals surface area contributed by atoms with Gasteiger partial charge in [-0.3, -0.25) is 4.90 Å². The fourth-order valence-corrected chi connectivity index (χ4v) is 4.32. The second kappa shape index (κ2) is 8.41. The van der Waals surface area contributed by atoms with Gasteiger partial charge in [0.2, 0.25) is 0 Å². The number of imidazole rings is 1. The fourth-order valence-electron chi connectivity index (χ4n) is 3.58. The minimum atomic E-state index is 0. The fraction of sp³-hybridized carbons (Fsp3) is 0.316. The van der Waals surface area contributed by atoms with Gasteiger partial charge in [-0.2, -0.15) is 13.5 Å². The van der Waals surface area contributed by atoms with E-state index >= 15 is 0 Å². The molecule has 3 aromatic rings. The van der Waals surface area contributed by atoms with Crippen molar-refractivity contribution in [2.45, 2.75) is 25.3 Å². The Kier molecular flexibility index (Phi) is 6.41. The van der Waals surface area contributed by atoms with Crippen LogP contribution in [0.4, 0.5) is 0 Å². The smallest absolute Gasteiger partial charge is 0.111 e. The van der Waals surface area contributed by atoms with Gasteiger partial charge in [0, 0.05) is 34.1 Å². The van der Waals surface area contributed by atoms with Crippen LogP contribution in [0.1, 0.15) is 30.1 Å². The first-order valence-corrected chi connectivity index (χ1v) is 9.53. The number of piperidine rings is 1. The summed E-state index contributed by atoms with van der Waals surface area (Å²) in [5.41, 5.74) is 3.12. The highest BCUT2D eigenvalue weighted by Crippen LogP contribution is 2.29. The summed E-state index contributed by atoms with van der Waals surface area (Å²) in [6, 6.07) is 11.5. The SMILES string of the molecule is Clc1cc(Cl)cc(CN2CCC[C@H](c3nc4ccc(Cl)cc4[nH]3)C2)c1.S. The van der Waals surface area contributed by atoms with Crippen LogP contribution < -0.4 is 0 Å². The van der Waals surface area contributed by atoms with E-state index < -0.39 is 0 Å². The topological polar surface area (TPSA) is 31.9 Å². The molecule has 1 fully saturated rings. The third-order valence-electron chi connectivity index (χ3n) is 4.68. The number of nitrogens with one attached hydrogen (secondary N) is 1. The van der Waals surface area contributed by atoms with Gasteiger partial charge in [0.1, 0.15) is 5.82 Å². The van der Waals surface area contributed by atoms with Crippen molar-refractivity contribution in [2.75, 3.05) is 13.1 Å². The molecule has 1 atom stereocenters. The Morgan fingerprint density at radius 1 is 1.04 bits per heavy atom. The molecule has 0 amide bonds. The van der Waals surface area contributed by atoms with Gasteiger partial charge in [0.15, 0.2) is 0 Å². The first-order chi connectivity index (χ1) is 12.1. The van der Waals surface area contributed by atoms with Crippen molar-refractivity contribution < 1.29 is 0 Å². The number of aromatic nitrogens is 2. The Morgan fingerprint density at radius 2 is 1.81 bits per heavy atom. The largest absolute Gasteiger partial charge is 0.342 e. The lowest BCUT2D eigenvalue weighted by atomic mass is 9.97. The number of hydrogen-bond acceptors (Lipinski definition) is 2. The van der Waals surface area contributed by atoms with Crippen molar-refractivity contribution in [3.8, 4) is 0 Å². The summed E-state index contributed by atoms with van der Waals surface area (Å²) in [6.45, 7) is 2.90. The number of fused-ring (bicyclic) bond motifs is 1. The molecular formula is C19H20Cl3N3S. The molecule has 1 aliphatic rings. The van der Waals surface area contributed by atoms with Gasteiger partial charge in [-0.1, -0.05) is 34.8 Å². The first-order valence-electron chi connectivity index (χ1n) is 8.39. The predicted molar refractivity (Wildman–Crippen MR) is 115 cm³/mol. The van der Waals surface area contributed by atoms with Gasteiger partial charge in [-0.15, -0.1) is 0 Å². The number of aromatic amines is 1. The number of likely N-dealkylation sites (tertiary alicyclic amines) is 1. The maximum atomic E-state index is 6.12. The van der Waals surface area contributed by atoms with E-state index in [0.29, 0.717) is 16.0 Å². The van der Waals surface area contributed by atoms with Crippen LogP contribution in [0.3, 0.4) is 0 Å². The van der Waals surface area contributed by atoms with Crippen molar-refractivity contribution in [3.05, 3.63) is 62.9 Å². The van der Waals surface area contributed by atoms with E-state index in [1.807, 2.05) is 30.3 Å². The molecule has 26 heavy (non-hydrogen) atoms. The number of rotatable bonds is 3. The van der Waals surface area contributed by atoms with E-state index in [0.717, 1.165) is 59.9 Å². The minimum absolute atomic E-state index is 0. The Bertz CT molecular complexity index is 892. The first kappa shape index (κ1) is 19.8. The van der Waals surface area contributed by atoms with E-state index in [4.69, 9.17) is 39.8 Å². The summed E-state index contributed by atoms with van der Waals surface area (Å²) < 4.78 is 0. The molecule has 2 heterocycles. The Labute approximate surface area is 175 Å². The van der Waals surface area contributed by atoms with Gasteiger partial charge >= 0.3 is 0 Å². The molecule has 0 radical (unpaired) electrons. The summed E-state index contributed by atoms with van der Waals surface area (Å²) in [6.07, 6.45) is 2.29. The molecule has 0 bridgehead atoms. The third kappa shape index (κ3) is 4.49. The molecular weight excluding hydrogens is 409 g/mol. The molecule has 0 aliphatic carbocycles. The van der Waals surface area contributed by atoms with Gasteiger partial charge in [0.05, 0.1) is 11.0 Å². The van der Waals surface area contributed by atoms with Gasteiger partial charge < -0.3 is 4.98 Å². The highest BCUT2D eigenvalue weighted by molar-refractivity contribution is 7.59. The van der Waals surface area contributed by atoms with Crippen molar-refractivity contribution in [1.29, 1.82) is 0 Å². The lowest BCUT2D eigenvalue weighted by molar-refractivity contribution is 0.197. The molecule has 7 heteroatoms. The van der Waals surface area contributed by atoms with E-state index in [1.165, 1.54) is 0 Å². The molecule has 4 rings (SSSR count). The number of benzene rings is 2. The van der Waals surface area contributed by atoms with Crippen LogP contribution >= 0.6 is 48.3 Å². The molecule has 2 aromatic carbocycles.